The first kappa shape index (κ1) is 18.1. The standard InChI is InChI=1S/C18H24F2N2O3/c1-12-6-15(25-3)4-5-16(12)17(23)21-8-14(9-21)22-11-18(19,20)7-13(22)10-24-2/h4-6,13-14H,7-11H2,1-3H3/t13-/m0/s1. The third-order valence-corrected chi connectivity index (χ3v) is 5.06. The van der Waals surface area contributed by atoms with Crippen molar-refractivity contribution in [2.45, 2.75) is 31.4 Å². The number of nitrogens with zero attached hydrogens (tertiary/aromatic N) is 2. The van der Waals surface area contributed by atoms with E-state index in [-0.39, 0.29) is 37.6 Å². The SMILES string of the molecule is COC[C@@H]1CC(F)(F)CN1C1CN(C(=O)c2ccc(OC)cc2C)C1. The second-order valence-electron chi connectivity index (χ2n) is 6.89. The van der Waals surface area contributed by atoms with Crippen LogP contribution in [0.3, 0.4) is 0 Å². The molecule has 0 radical (unpaired) electrons. The van der Waals surface area contributed by atoms with Gasteiger partial charge in [0.05, 0.1) is 20.3 Å². The van der Waals surface area contributed by atoms with Crippen LogP contribution in [0.25, 0.3) is 0 Å². The monoisotopic (exact) mass is 354 g/mol. The molecule has 2 saturated heterocycles. The maximum atomic E-state index is 13.7. The molecule has 0 saturated carbocycles. The Morgan fingerprint density at radius 3 is 2.64 bits per heavy atom. The van der Waals surface area contributed by atoms with Crippen LogP contribution in [0.15, 0.2) is 18.2 Å². The molecule has 0 unspecified atom stereocenters. The Morgan fingerprint density at radius 2 is 2.04 bits per heavy atom. The Bertz CT molecular complexity index is 647. The lowest BCUT2D eigenvalue weighted by Crippen LogP contribution is -2.62. The fourth-order valence-corrected chi connectivity index (χ4v) is 3.70. The van der Waals surface area contributed by atoms with Crippen LogP contribution in [0.1, 0.15) is 22.3 Å². The van der Waals surface area contributed by atoms with Crippen molar-refractivity contribution in [1.29, 1.82) is 0 Å². The number of aryl methyl sites for hydroxylation is 1. The fourth-order valence-electron chi connectivity index (χ4n) is 3.70. The number of amides is 1. The molecule has 5 nitrogen and oxygen atoms in total. The van der Waals surface area contributed by atoms with Crippen LogP contribution < -0.4 is 4.74 Å². The minimum absolute atomic E-state index is 0.0315. The van der Waals surface area contributed by atoms with Gasteiger partial charge in [0.15, 0.2) is 0 Å². The molecule has 3 rings (SSSR count). The molecule has 7 heteroatoms. The smallest absolute Gasteiger partial charge is 0.262 e. The maximum Gasteiger partial charge on any atom is 0.262 e. The summed E-state index contributed by atoms with van der Waals surface area (Å²) in [4.78, 5) is 16.1. The fraction of sp³-hybridized carbons (Fsp3) is 0.611. The van der Waals surface area contributed by atoms with Crippen LogP contribution in [-0.2, 0) is 4.74 Å². The van der Waals surface area contributed by atoms with Gasteiger partial charge in [-0.1, -0.05) is 0 Å². The Hall–Kier alpha value is -1.73. The normalized spacial score (nSPS) is 23.6. The van der Waals surface area contributed by atoms with Gasteiger partial charge in [0.2, 0.25) is 0 Å². The zero-order chi connectivity index (χ0) is 18.2. The Kier molecular flexibility index (Phi) is 4.97. The molecule has 138 valence electrons. The van der Waals surface area contributed by atoms with Gasteiger partial charge in [-0.3, -0.25) is 9.69 Å². The largest absolute Gasteiger partial charge is 0.497 e. The molecule has 2 fully saturated rings. The number of benzene rings is 1. The summed E-state index contributed by atoms with van der Waals surface area (Å²) >= 11 is 0. The molecule has 1 amide bonds. The average Bonchev–Trinajstić information content (AvgIpc) is 2.80. The first-order valence-corrected chi connectivity index (χ1v) is 8.41. The van der Waals surface area contributed by atoms with Crippen LogP contribution >= 0.6 is 0 Å². The highest BCUT2D eigenvalue weighted by atomic mass is 19.3. The van der Waals surface area contributed by atoms with Crippen LogP contribution in [0.2, 0.25) is 0 Å². The first-order valence-electron chi connectivity index (χ1n) is 8.41. The van der Waals surface area contributed by atoms with Crippen molar-refractivity contribution in [3.63, 3.8) is 0 Å². The first-order chi connectivity index (χ1) is 11.8. The number of rotatable bonds is 5. The van der Waals surface area contributed by atoms with Gasteiger partial charge in [-0.25, -0.2) is 8.78 Å². The second kappa shape index (κ2) is 6.88. The molecular formula is C18H24F2N2O3. The average molecular weight is 354 g/mol. The van der Waals surface area contributed by atoms with Gasteiger partial charge in [-0.15, -0.1) is 0 Å². The topological polar surface area (TPSA) is 42.0 Å². The van der Waals surface area contributed by atoms with Crippen molar-refractivity contribution in [1.82, 2.24) is 9.80 Å². The number of halogens is 2. The highest BCUT2D eigenvalue weighted by Gasteiger charge is 2.50. The van der Waals surface area contributed by atoms with Crippen molar-refractivity contribution in [2.75, 3.05) is 40.5 Å². The highest BCUT2D eigenvalue weighted by Crippen LogP contribution is 2.35. The predicted octanol–water partition coefficient (Wildman–Crippen LogP) is 2.18. The molecule has 1 atom stereocenters. The maximum absolute atomic E-state index is 13.7. The van der Waals surface area contributed by atoms with E-state index < -0.39 is 5.92 Å². The van der Waals surface area contributed by atoms with E-state index in [1.54, 1.807) is 29.0 Å². The number of likely N-dealkylation sites (tertiary alicyclic amines) is 2. The summed E-state index contributed by atoms with van der Waals surface area (Å²) in [5, 5.41) is 0. The predicted molar refractivity (Wildman–Crippen MR) is 89.4 cm³/mol. The molecule has 0 N–H and O–H groups in total. The number of carbonyl (C=O) groups is 1. The lowest BCUT2D eigenvalue weighted by atomic mass is 10.0. The summed E-state index contributed by atoms with van der Waals surface area (Å²) < 4.78 is 37.7. The van der Waals surface area contributed by atoms with Gasteiger partial charge in [-0.05, 0) is 30.7 Å². The molecule has 2 aliphatic rings. The second-order valence-corrected chi connectivity index (χ2v) is 6.89. The van der Waals surface area contributed by atoms with E-state index in [9.17, 15) is 13.6 Å². The number of hydrogen-bond donors (Lipinski definition) is 0. The molecule has 1 aromatic rings. The van der Waals surface area contributed by atoms with Crippen molar-refractivity contribution >= 4 is 5.91 Å². The van der Waals surface area contributed by atoms with Crippen molar-refractivity contribution in [2.24, 2.45) is 0 Å². The summed E-state index contributed by atoms with van der Waals surface area (Å²) in [5.74, 6) is -2.04. The Labute approximate surface area is 146 Å². The molecule has 0 spiro atoms. The highest BCUT2D eigenvalue weighted by molar-refractivity contribution is 5.96. The van der Waals surface area contributed by atoms with Crippen LogP contribution in [0.5, 0.6) is 5.75 Å². The lowest BCUT2D eigenvalue weighted by Gasteiger charge is -2.46. The molecule has 2 aliphatic heterocycles. The quantitative estimate of drug-likeness (QED) is 0.813. The van der Waals surface area contributed by atoms with Crippen molar-refractivity contribution < 1.29 is 23.0 Å². The van der Waals surface area contributed by atoms with E-state index in [1.807, 2.05) is 13.0 Å². The van der Waals surface area contributed by atoms with Gasteiger partial charge in [-0.2, -0.15) is 0 Å². The Morgan fingerprint density at radius 1 is 1.32 bits per heavy atom. The third-order valence-electron chi connectivity index (χ3n) is 5.06. The zero-order valence-electron chi connectivity index (χ0n) is 14.8. The van der Waals surface area contributed by atoms with E-state index in [4.69, 9.17) is 9.47 Å². The summed E-state index contributed by atoms with van der Waals surface area (Å²) in [6.07, 6.45) is -0.178. The van der Waals surface area contributed by atoms with Crippen LogP contribution in [0.4, 0.5) is 8.78 Å². The Balaban J connectivity index is 1.63. The van der Waals surface area contributed by atoms with Crippen LogP contribution in [-0.4, -0.2) is 74.2 Å². The number of ether oxygens (including phenoxy) is 2. The number of hydrogen-bond acceptors (Lipinski definition) is 4. The number of alkyl halides is 2. The number of carbonyl (C=O) groups excluding carboxylic acids is 1. The summed E-state index contributed by atoms with van der Waals surface area (Å²) in [6.45, 7) is 2.84. The van der Waals surface area contributed by atoms with Crippen molar-refractivity contribution in [3.05, 3.63) is 29.3 Å². The van der Waals surface area contributed by atoms with Crippen molar-refractivity contribution in [3.8, 4) is 5.75 Å². The van der Waals surface area contributed by atoms with E-state index in [0.717, 1.165) is 5.56 Å². The zero-order valence-corrected chi connectivity index (χ0v) is 14.8. The van der Waals surface area contributed by atoms with Gasteiger partial charge >= 0.3 is 0 Å². The molecular weight excluding hydrogens is 330 g/mol. The molecule has 0 aromatic heterocycles. The summed E-state index contributed by atoms with van der Waals surface area (Å²) in [5.41, 5.74) is 1.47. The summed E-state index contributed by atoms with van der Waals surface area (Å²) in [7, 11) is 3.11. The molecule has 2 heterocycles. The minimum Gasteiger partial charge on any atom is -0.497 e. The molecule has 0 aliphatic carbocycles. The van der Waals surface area contributed by atoms with Gasteiger partial charge < -0.3 is 14.4 Å². The van der Waals surface area contributed by atoms with Gasteiger partial charge in [0, 0.05) is 44.3 Å². The molecule has 0 bridgehead atoms. The molecule has 25 heavy (non-hydrogen) atoms. The van der Waals surface area contributed by atoms with Gasteiger partial charge in [0.1, 0.15) is 5.75 Å². The lowest BCUT2D eigenvalue weighted by molar-refractivity contribution is -0.0136. The summed E-state index contributed by atoms with van der Waals surface area (Å²) in [6, 6.07) is 5.01. The van der Waals surface area contributed by atoms with E-state index in [1.165, 1.54) is 7.11 Å². The third kappa shape index (κ3) is 3.62. The van der Waals surface area contributed by atoms with E-state index >= 15 is 0 Å². The minimum atomic E-state index is -2.68. The van der Waals surface area contributed by atoms with Crippen LogP contribution in [0, 0.1) is 6.92 Å². The van der Waals surface area contributed by atoms with E-state index in [2.05, 4.69) is 0 Å². The van der Waals surface area contributed by atoms with Gasteiger partial charge in [0.25, 0.3) is 11.8 Å². The number of methoxy groups -OCH3 is 2. The van der Waals surface area contributed by atoms with E-state index in [0.29, 0.717) is 24.4 Å². The molecule has 1 aromatic carbocycles.